The van der Waals surface area contributed by atoms with Gasteiger partial charge in [-0.25, -0.2) is 4.79 Å². The maximum absolute atomic E-state index is 11.4. The van der Waals surface area contributed by atoms with E-state index in [4.69, 9.17) is 16.3 Å². The topological polar surface area (TPSA) is 58.6 Å². The average molecular weight is 249 g/mol. The monoisotopic (exact) mass is 248 g/mol. The average Bonchev–Trinajstić information content (AvgIpc) is 2.48. The van der Waals surface area contributed by atoms with Crippen LogP contribution < -0.4 is 5.32 Å². The van der Waals surface area contributed by atoms with E-state index in [1.807, 2.05) is 0 Å². The molecule has 0 unspecified atom stereocenters. The van der Waals surface area contributed by atoms with Crippen molar-refractivity contribution >= 4 is 23.1 Å². The molecule has 0 spiro atoms. The van der Waals surface area contributed by atoms with E-state index < -0.39 is 17.1 Å². The number of amides is 2. The molecule has 2 amide bonds. The van der Waals surface area contributed by atoms with Crippen molar-refractivity contribution in [1.29, 1.82) is 0 Å². The molecule has 1 aliphatic rings. The zero-order valence-corrected chi connectivity index (χ0v) is 10.5. The lowest BCUT2D eigenvalue weighted by Crippen LogP contribution is -2.40. The summed E-state index contributed by atoms with van der Waals surface area (Å²) < 4.78 is 5.11. The second-order valence-corrected chi connectivity index (χ2v) is 5.15. The first-order valence-electron chi connectivity index (χ1n) is 5.22. The van der Waals surface area contributed by atoms with Crippen molar-refractivity contribution in [3.63, 3.8) is 0 Å². The molecule has 0 saturated carbocycles. The highest BCUT2D eigenvalue weighted by molar-refractivity contribution is 6.62. The SMILES string of the molecule is CC(C)(C)OC(=O)N[C@@H]1CCN(C(=O)Cl)C1. The van der Waals surface area contributed by atoms with Gasteiger partial charge >= 0.3 is 11.5 Å². The molecule has 6 heteroatoms. The molecule has 0 aromatic heterocycles. The van der Waals surface area contributed by atoms with Crippen molar-refractivity contribution in [3.05, 3.63) is 0 Å². The number of ether oxygens (including phenoxy) is 1. The van der Waals surface area contributed by atoms with Gasteiger partial charge in [0.05, 0.1) is 6.04 Å². The zero-order chi connectivity index (χ0) is 12.3. The number of carbonyl (C=O) groups is 2. The predicted molar refractivity (Wildman–Crippen MR) is 60.6 cm³/mol. The fourth-order valence-electron chi connectivity index (χ4n) is 1.51. The number of hydrogen-bond donors (Lipinski definition) is 1. The van der Waals surface area contributed by atoms with E-state index in [-0.39, 0.29) is 6.04 Å². The summed E-state index contributed by atoms with van der Waals surface area (Å²) in [7, 11) is 0. The van der Waals surface area contributed by atoms with E-state index in [0.717, 1.165) is 0 Å². The number of nitrogens with zero attached hydrogens (tertiary/aromatic N) is 1. The van der Waals surface area contributed by atoms with Gasteiger partial charge in [0.25, 0.3) is 0 Å². The molecule has 1 fully saturated rings. The fraction of sp³-hybridized carbons (Fsp3) is 0.800. The van der Waals surface area contributed by atoms with E-state index in [2.05, 4.69) is 5.32 Å². The van der Waals surface area contributed by atoms with Crippen LogP contribution in [0.25, 0.3) is 0 Å². The second-order valence-electron chi connectivity index (χ2n) is 4.83. The maximum atomic E-state index is 11.4. The molecule has 0 bridgehead atoms. The lowest BCUT2D eigenvalue weighted by atomic mass is 10.2. The second kappa shape index (κ2) is 4.91. The van der Waals surface area contributed by atoms with Crippen molar-refractivity contribution < 1.29 is 14.3 Å². The molecule has 1 aliphatic heterocycles. The highest BCUT2D eigenvalue weighted by atomic mass is 35.5. The Kier molecular flexibility index (Phi) is 4.02. The number of alkyl carbamates (subject to hydrolysis) is 1. The fourth-order valence-corrected chi connectivity index (χ4v) is 1.67. The summed E-state index contributed by atoms with van der Waals surface area (Å²) in [5.74, 6) is 0. The van der Waals surface area contributed by atoms with Crippen LogP contribution in [-0.2, 0) is 4.74 Å². The van der Waals surface area contributed by atoms with Crippen molar-refractivity contribution in [2.75, 3.05) is 13.1 Å². The number of rotatable bonds is 1. The van der Waals surface area contributed by atoms with Crippen LogP contribution in [0.15, 0.2) is 0 Å². The minimum atomic E-state index is -0.509. The molecular formula is C10H17ClN2O3. The van der Waals surface area contributed by atoms with Crippen LogP contribution in [0.4, 0.5) is 9.59 Å². The summed E-state index contributed by atoms with van der Waals surface area (Å²) >= 11 is 5.34. The summed E-state index contributed by atoms with van der Waals surface area (Å²) in [4.78, 5) is 23.8. The largest absolute Gasteiger partial charge is 0.444 e. The Morgan fingerprint density at radius 2 is 2.06 bits per heavy atom. The Balaban J connectivity index is 2.34. The van der Waals surface area contributed by atoms with Crippen molar-refractivity contribution in [3.8, 4) is 0 Å². The van der Waals surface area contributed by atoms with Gasteiger partial charge in [0.1, 0.15) is 5.60 Å². The molecule has 1 atom stereocenters. The minimum absolute atomic E-state index is 0.0717. The molecule has 0 radical (unpaired) electrons. The van der Waals surface area contributed by atoms with Gasteiger partial charge in [-0.05, 0) is 38.8 Å². The molecular weight excluding hydrogens is 232 g/mol. The number of halogens is 1. The van der Waals surface area contributed by atoms with Crippen molar-refractivity contribution in [2.45, 2.75) is 38.8 Å². The van der Waals surface area contributed by atoms with Crippen LogP contribution >= 0.6 is 11.6 Å². The number of carbonyl (C=O) groups excluding carboxylic acids is 2. The molecule has 1 heterocycles. The minimum Gasteiger partial charge on any atom is -0.444 e. The Morgan fingerprint density at radius 1 is 1.44 bits per heavy atom. The molecule has 1 rings (SSSR count). The molecule has 1 N–H and O–H groups in total. The zero-order valence-electron chi connectivity index (χ0n) is 9.75. The van der Waals surface area contributed by atoms with Crippen LogP contribution in [0.2, 0.25) is 0 Å². The van der Waals surface area contributed by atoms with E-state index in [1.54, 1.807) is 20.8 Å². The third-order valence-corrected chi connectivity index (χ3v) is 2.40. The summed E-state index contributed by atoms with van der Waals surface area (Å²) in [5.41, 5.74) is -0.509. The number of hydrogen-bond acceptors (Lipinski definition) is 3. The van der Waals surface area contributed by atoms with Gasteiger partial charge in [0, 0.05) is 13.1 Å². The maximum Gasteiger partial charge on any atom is 0.407 e. The van der Waals surface area contributed by atoms with Crippen LogP contribution in [0.5, 0.6) is 0 Å². The van der Waals surface area contributed by atoms with Gasteiger partial charge in [0.15, 0.2) is 0 Å². The highest BCUT2D eigenvalue weighted by Gasteiger charge is 2.27. The van der Waals surface area contributed by atoms with Gasteiger partial charge in [-0.1, -0.05) is 0 Å². The van der Waals surface area contributed by atoms with Gasteiger partial charge in [-0.2, -0.15) is 0 Å². The molecule has 5 nitrogen and oxygen atoms in total. The first kappa shape index (κ1) is 13.1. The Morgan fingerprint density at radius 3 is 2.50 bits per heavy atom. The molecule has 0 aliphatic carbocycles. The summed E-state index contributed by atoms with van der Waals surface area (Å²) in [6.45, 7) is 6.42. The van der Waals surface area contributed by atoms with Crippen molar-refractivity contribution in [1.82, 2.24) is 10.2 Å². The molecule has 92 valence electrons. The lowest BCUT2D eigenvalue weighted by molar-refractivity contribution is 0.0506. The first-order chi connectivity index (χ1) is 7.28. The van der Waals surface area contributed by atoms with E-state index >= 15 is 0 Å². The van der Waals surface area contributed by atoms with Gasteiger partial charge in [-0.3, -0.25) is 4.79 Å². The standard InChI is InChI=1S/C10H17ClN2O3/c1-10(2,3)16-9(15)12-7-4-5-13(6-7)8(11)14/h7H,4-6H2,1-3H3,(H,12,15)/t7-/m1/s1. The van der Waals surface area contributed by atoms with Crippen LogP contribution in [-0.4, -0.2) is 41.1 Å². The first-order valence-corrected chi connectivity index (χ1v) is 5.59. The van der Waals surface area contributed by atoms with Crippen molar-refractivity contribution in [2.24, 2.45) is 0 Å². The van der Waals surface area contributed by atoms with E-state index in [9.17, 15) is 9.59 Å². The normalized spacial score (nSPS) is 20.8. The van der Waals surface area contributed by atoms with Gasteiger partial charge in [0.2, 0.25) is 0 Å². The smallest absolute Gasteiger partial charge is 0.407 e. The van der Waals surface area contributed by atoms with Crippen LogP contribution in [0.1, 0.15) is 27.2 Å². The van der Waals surface area contributed by atoms with Gasteiger partial charge < -0.3 is 15.0 Å². The number of likely N-dealkylation sites (tertiary alicyclic amines) is 1. The third-order valence-electron chi connectivity index (χ3n) is 2.16. The van der Waals surface area contributed by atoms with Crippen LogP contribution in [0.3, 0.4) is 0 Å². The Hall–Kier alpha value is -0.970. The van der Waals surface area contributed by atoms with E-state index in [1.165, 1.54) is 4.90 Å². The summed E-state index contributed by atoms with van der Waals surface area (Å²) in [6.07, 6.45) is 0.249. The molecule has 0 aromatic carbocycles. The quantitative estimate of drug-likeness (QED) is 0.570. The van der Waals surface area contributed by atoms with Crippen LogP contribution in [0, 0.1) is 0 Å². The highest BCUT2D eigenvalue weighted by Crippen LogP contribution is 2.13. The van der Waals surface area contributed by atoms with E-state index in [0.29, 0.717) is 19.5 Å². The Bertz CT molecular complexity index is 288. The molecule has 1 saturated heterocycles. The summed E-state index contributed by atoms with van der Waals surface area (Å²) in [5, 5.41) is 2.23. The summed E-state index contributed by atoms with van der Waals surface area (Å²) in [6, 6.07) is -0.0717. The number of nitrogens with one attached hydrogen (secondary N) is 1. The Labute approximate surface area is 100 Å². The third kappa shape index (κ3) is 4.26. The van der Waals surface area contributed by atoms with Gasteiger partial charge in [-0.15, -0.1) is 0 Å². The molecule has 0 aromatic rings. The predicted octanol–water partition coefficient (Wildman–Crippen LogP) is 1.94. The lowest BCUT2D eigenvalue weighted by Gasteiger charge is -2.21. The molecule has 16 heavy (non-hydrogen) atoms.